The highest BCUT2D eigenvalue weighted by atomic mass is 79.9. The number of rotatable bonds is 2. The standard InChI is InChI=1S/C9H11BrO.CH4S/c1-3-7-4-5-9(11-2)8(10)6-7;1-2/h4-6H,3H2,1-2H3;2H,1H3. The summed E-state index contributed by atoms with van der Waals surface area (Å²) in [6, 6.07) is 6.13. The van der Waals surface area contributed by atoms with Crippen molar-refractivity contribution in [2.75, 3.05) is 13.4 Å². The number of methoxy groups -OCH3 is 1. The number of hydrogen-bond donors (Lipinski definition) is 1. The summed E-state index contributed by atoms with van der Waals surface area (Å²) in [5.74, 6) is 0.891. The molecule has 0 unspecified atom stereocenters. The van der Waals surface area contributed by atoms with Crippen molar-refractivity contribution in [2.24, 2.45) is 0 Å². The lowest BCUT2D eigenvalue weighted by Crippen LogP contribution is -1.86. The summed E-state index contributed by atoms with van der Waals surface area (Å²) in [4.78, 5) is 0. The van der Waals surface area contributed by atoms with Crippen molar-refractivity contribution in [2.45, 2.75) is 13.3 Å². The molecule has 0 aliphatic carbocycles. The Morgan fingerprint density at radius 3 is 2.38 bits per heavy atom. The average molecular weight is 263 g/mol. The molecule has 74 valence electrons. The number of halogens is 1. The molecule has 0 bridgehead atoms. The number of hydrogen-bond acceptors (Lipinski definition) is 2. The topological polar surface area (TPSA) is 9.23 Å². The maximum atomic E-state index is 5.10. The summed E-state index contributed by atoms with van der Waals surface area (Å²) in [6.45, 7) is 2.13. The third-order valence-corrected chi connectivity index (χ3v) is 2.24. The van der Waals surface area contributed by atoms with Gasteiger partial charge < -0.3 is 4.74 Å². The van der Waals surface area contributed by atoms with E-state index in [1.165, 1.54) is 5.56 Å². The van der Waals surface area contributed by atoms with Crippen LogP contribution in [0.3, 0.4) is 0 Å². The SMILES string of the molecule is CCc1ccc(OC)c(Br)c1.CS. The Hall–Kier alpha value is -0.150. The van der Waals surface area contributed by atoms with Crippen LogP contribution in [0.15, 0.2) is 22.7 Å². The maximum Gasteiger partial charge on any atom is 0.133 e. The second kappa shape index (κ2) is 7.27. The molecule has 1 aromatic carbocycles. The minimum absolute atomic E-state index is 0.891. The van der Waals surface area contributed by atoms with Gasteiger partial charge in [0.05, 0.1) is 11.6 Å². The minimum atomic E-state index is 0.891. The lowest BCUT2D eigenvalue weighted by Gasteiger charge is -2.03. The monoisotopic (exact) mass is 262 g/mol. The van der Waals surface area contributed by atoms with Gasteiger partial charge >= 0.3 is 0 Å². The summed E-state index contributed by atoms with van der Waals surface area (Å²) in [6.07, 6.45) is 2.75. The number of thiol groups is 1. The molecular formula is C10H15BrOS. The van der Waals surface area contributed by atoms with Gasteiger partial charge in [-0.1, -0.05) is 13.0 Å². The molecule has 0 aliphatic heterocycles. The molecule has 1 nitrogen and oxygen atoms in total. The average Bonchev–Trinajstić information content (AvgIpc) is 2.20. The molecular weight excluding hydrogens is 248 g/mol. The molecule has 0 saturated heterocycles. The zero-order valence-corrected chi connectivity index (χ0v) is 10.7. The van der Waals surface area contributed by atoms with Gasteiger partial charge in [-0.25, -0.2) is 0 Å². The summed E-state index contributed by atoms with van der Waals surface area (Å²) in [7, 11) is 1.67. The van der Waals surface area contributed by atoms with E-state index in [9.17, 15) is 0 Å². The van der Waals surface area contributed by atoms with E-state index in [1.807, 2.05) is 6.07 Å². The van der Waals surface area contributed by atoms with Crippen molar-refractivity contribution in [1.29, 1.82) is 0 Å². The summed E-state index contributed by atoms with van der Waals surface area (Å²) in [5, 5.41) is 0. The van der Waals surface area contributed by atoms with Gasteiger partial charge in [0.25, 0.3) is 0 Å². The lowest BCUT2D eigenvalue weighted by molar-refractivity contribution is 0.412. The molecule has 0 saturated carbocycles. The molecule has 3 heteroatoms. The van der Waals surface area contributed by atoms with Crippen LogP contribution in [0.25, 0.3) is 0 Å². The minimum Gasteiger partial charge on any atom is -0.496 e. The first-order valence-corrected chi connectivity index (χ1v) is 5.73. The quantitative estimate of drug-likeness (QED) is 0.802. The summed E-state index contributed by atoms with van der Waals surface area (Å²) < 4.78 is 6.12. The highest BCUT2D eigenvalue weighted by molar-refractivity contribution is 9.10. The lowest BCUT2D eigenvalue weighted by atomic mass is 10.2. The molecule has 0 N–H and O–H groups in total. The molecule has 1 aromatic rings. The third kappa shape index (κ3) is 4.05. The van der Waals surface area contributed by atoms with Crippen LogP contribution in [0.5, 0.6) is 5.75 Å². The second-order valence-corrected chi connectivity index (χ2v) is 3.18. The molecule has 0 heterocycles. The van der Waals surface area contributed by atoms with Gasteiger partial charge in [-0.05, 0) is 46.3 Å². The first-order valence-electron chi connectivity index (χ1n) is 4.05. The van der Waals surface area contributed by atoms with Gasteiger partial charge in [0.1, 0.15) is 5.75 Å². The Labute approximate surface area is 94.0 Å². The van der Waals surface area contributed by atoms with E-state index < -0.39 is 0 Å². The van der Waals surface area contributed by atoms with Crippen LogP contribution in [0, 0.1) is 0 Å². The second-order valence-electron chi connectivity index (χ2n) is 2.32. The van der Waals surface area contributed by atoms with Crippen molar-refractivity contribution in [3.05, 3.63) is 28.2 Å². The predicted molar refractivity (Wildman–Crippen MR) is 65.0 cm³/mol. The molecule has 0 amide bonds. The third-order valence-electron chi connectivity index (χ3n) is 1.62. The Bertz CT molecular complexity index is 251. The zero-order valence-electron chi connectivity index (χ0n) is 8.17. The van der Waals surface area contributed by atoms with E-state index >= 15 is 0 Å². The van der Waals surface area contributed by atoms with Crippen molar-refractivity contribution < 1.29 is 4.74 Å². The van der Waals surface area contributed by atoms with Crippen LogP contribution in [0.2, 0.25) is 0 Å². The van der Waals surface area contributed by atoms with Crippen molar-refractivity contribution in [1.82, 2.24) is 0 Å². The fourth-order valence-corrected chi connectivity index (χ4v) is 1.52. The Kier molecular flexibility index (Phi) is 7.19. The number of ether oxygens (including phenoxy) is 1. The van der Waals surface area contributed by atoms with E-state index in [4.69, 9.17) is 4.74 Å². The Balaban J connectivity index is 0.000000671. The van der Waals surface area contributed by atoms with Crippen molar-refractivity contribution in [3.8, 4) is 5.75 Å². The van der Waals surface area contributed by atoms with Gasteiger partial charge in [-0.15, -0.1) is 0 Å². The Morgan fingerprint density at radius 2 is 2.00 bits per heavy atom. The molecule has 13 heavy (non-hydrogen) atoms. The molecule has 0 aliphatic rings. The first-order chi connectivity index (χ1) is 6.27. The predicted octanol–water partition coefficient (Wildman–Crippen LogP) is 3.57. The zero-order chi connectivity index (χ0) is 10.3. The Morgan fingerprint density at radius 1 is 1.38 bits per heavy atom. The number of benzene rings is 1. The fraction of sp³-hybridized carbons (Fsp3) is 0.400. The molecule has 0 fully saturated rings. The van der Waals surface area contributed by atoms with E-state index in [0.29, 0.717) is 0 Å². The molecule has 0 atom stereocenters. The fourth-order valence-electron chi connectivity index (χ4n) is 0.930. The normalized spacial score (nSPS) is 8.69. The first kappa shape index (κ1) is 12.8. The van der Waals surface area contributed by atoms with Crippen LogP contribution in [0.4, 0.5) is 0 Å². The smallest absolute Gasteiger partial charge is 0.133 e. The van der Waals surface area contributed by atoms with E-state index in [1.54, 1.807) is 13.4 Å². The molecule has 0 aromatic heterocycles. The van der Waals surface area contributed by atoms with Crippen LogP contribution in [-0.2, 0) is 6.42 Å². The van der Waals surface area contributed by atoms with E-state index in [2.05, 4.69) is 47.6 Å². The summed E-state index contributed by atoms with van der Waals surface area (Å²) >= 11 is 6.95. The van der Waals surface area contributed by atoms with Crippen LogP contribution in [0.1, 0.15) is 12.5 Å². The van der Waals surface area contributed by atoms with Crippen LogP contribution < -0.4 is 4.74 Å². The van der Waals surface area contributed by atoms with Crippen LogP contribution in [-0.4, -0.2) is 13.4 Å². The highest BCUT2D eigenvalue weighted by Crippen LogP contribution is 2.25. The van der Waals surface area contributed by atoms with Crippen LogP contribution >= 0.6 is 28.6 Å². The van der Waals surface area contributed by atoms with Gasteiger partial charge in [-0.2, -0.15) is 12.6 Å². The van der Waals surface area contributed by atoms with Gasteiger partial charge in [0.2, 0.25) is 0 Å². The molecule has 0 spiro atoms. The van der Waals surface area contributed by atoms with Crippen molar-refractivity contribution >= 4 is 28.6 Å². The number of aryl methyl sites for hydroxylation is 1. The summed E-state index contributed by atoms with van der Waals surface area (Å²) in [5.41, 5.74) is 1.32. The largest absolute Gasteiger partial charge is 0.496 e. The maximum absolute atomic E-state index is 5.10. The van der Waals surface area contributed by atoms with E-state index in [0.717, 1.165) is 16.6 Å². The van der Waals surface area contributed by atoms with Crippen molar-refractivity contribution in [3.63, 3.8) is 0 Å². The highest BCUT2D eigenvalue weighted by Gasteiger charge is 1.98. The van der Waals surface area contributed by atoms with Gasteiger partial charge in [-0.3, -0.25) is 0 Å². The molecule has 0 radical (unpaired) electrons. The molecule has 1 rings (SSSR count). The van der Waals surface area contributed by atoms with Gasteiger partial charge in [0.15, 0.2) is 0 Å². The van der Waals surface area contributed by atoms with E-state index in [-0.39, 0.29) is 0 Å². The van der Waals surface area contributed by atoms with Gasteiger partial charge in [0, 0.05) is 0 Å².